The summed E-state index contributed by atoms with van der Waals surface area (Å²) in [6.07, 6.45) is -22.7. The van der Waals surface area contributed by atoms with Crippen LogP contribution in [0, 0.1) is 0 Å². The predicted molar refractivity (Wildman–Crippen MR) is 28.0 cm³/mol. The molecule has 0 radical (unpaired) electrons. The van der Waals surface area contributed by atoms with Gasteiger partial charge in [0.05, 0.1) is 0 Å². The molecule has 0 saturated carbocycles. The molecular weight excluding hydrogens is 263 g/mol. The number of ketones is 1. The lowest BCUT2D eigenvalue weighted by Gasteiger charge is -2.20. The summed E-state index contributed by atoms with van der Waals surface area (Å²) in [4.78, 5) is 9.81. The van der Waals surface area contributed by atoms with Crippen LogP contribution < -0.4 is 0 Å². The number of hydrogen-bond donors (Lipinski definition) is 0. The van der Waals surface area contributed by atoms with Crippen molar-refractivity contribution in [3.05, 3.63) is 0 Å². The van der Waals surface area contributed by atoms with Gasteiger partial charge in [0, 0.05) is 0 Å². The molecule has 16 heavy (non-hydrogen) atoms. The maximum absolute atomic E-state index is 12.1. The largest absolute Gasteiger partial charge is 0.459 e. The maximum atomic E-state index is 12.1. The molecule has 0 N–H and O–H groups in total. The fourth-order valence-electron chi connectivity index (χ4n) is 0.415. The summed E-state index contributed by atoms with van der Waals surface area (Å²) in [6, 6.07) is 0. The van der Waals surface area contributed by atoms with Gasteiger partial charge < -0.3 is 0 Å². The Morgan fingerprint density at radius 3 is 1.56 bits per heavy atom. The summed E-state index contributed by atoms with van der Waals surface area (Å²) in [5.74, 6) is -3.92. The van der Waals surface area contributed by atoms with E-state index in [0.717, 1.165) is 0 Å². The van der Waals surface area contributed by atoms with Gasteiger partial charge in [-0.25, -0.2) is 4.39 Å². The molecule has 1 unspecified atom stereocenters. The van der Waals surface area contributed by atoms with Crippen molar-refractivity contribution >= 4 is 5.78 Å². The Morgan fingerprint density at radius 2 is 1.31 bits per heavy atom. The van der Waals surface area contributed by atoms with Gasteiger partial charge in [-0.1, -0.05) is 0 Å². The van der Waals surface area contributed by atoms with Crippen molar-refractivity contribution < 1.29 is 49.0 Å². The van der Waals surface area contributed by atoms with Crippen molar-refractivity contribution in [3.8, 4) is 0 Å². The van der Waals surface area contributed by atoms with Crippen molar-refractivity contribution in [2.75, 3.05) is 0 Å². The number of halogens is 9. The molecule has 0 rings (SSSR count). The van der Waals surface area contributed by atoms with Crippen LogP contribution in [0.3, 0.4) is 0 Å². The van der Waals surface area contributed by atoms with Crippen LogP contribution in [0.5, 0.6) is 0 Å². The lowest BCUT2D eigenvalue weighted by atomic mass is 10.3. The first kappa shape index (κ1) is 15.0. The van der Waals surface area contributed by atoms with Crippen molar-refractivity contribution in [3.63, 3.8) is 0 Å². The van der Waals surface area contributed by atoms with Gasteiger partial charge in [-0.3, -0.25) is 9.53 Å². The molecule has 0 aliphatic heterocycles. The Bertz CT molecular complexity index is 264. The topological polar surface area (TPSA) is 26.3 Å². The summed E-state index contributed by atoms with van der Waals surface area (Å²) >= 11 is 0. The van der Waals surface area contributed by atoms with E-state index in [9.17, 15) is 44.3 Å². The number of carbonyl (C=O) groups excluding carboxylic acids is 1. The molecule has 0 spiro atoms. The zero-order valence-corrected chi connectivity index (χ0v) is 6.80. The molecule has 11 heteroatoms. The van der Waals surface area contributed by atoms with Crippen LogP contribution in [0.15, 0.2) is 0 Å². The van der Waals surface area contributed by atoms with E-state index >= 15 is 0 Å². The van der Waals surface area contributed by atoms with E-state index < -0.39 is 30.6 Å². The minimum atomic E-state index is -6.14. The Balaban J connectivity index is 4.78. The minimum Gasteiger partial charge on any atom is -0.280 e. The van der Waals surface area contributed by atoms with Crippen molar-refractivity contribution in [2.45, 2.75) is 24.8 Å². The Kier molecular flexibility index (Phi) is 3.85. The van der Waals surface area contributed by atoms with Gasteiger partial charge in [0.1, 0.15) is 0 Å². The first-order valence-electron chi connectivity index (χ1n) is 3.16. The highest BCUT2D eigenvalue weighted by molar-refractivity contribution is 5.89. The lowest BCUT2D eigenvalue weighted by molar-refractivity contribution is -0.349. The van der Waals surface area contributed by atoms with E-state index in [1.54, 1.807) is 0 Å². The summed E-state index contributed by atoms with van der Waals surface area (Å²) in [7, 11) is 0. The number of rotatable bonds is 3. The van der Waals surface area contributed by atoms with E-state index in [1.165, 1.54) is 0 Å². The molecular formula is C5HF9O2. The van der Waals surface area contributed by atoms with Gasteiger partial charge in [-0.2, -0.15) is 35.1 Å². The van der Waals surface area contributed by atoms with E-state index in [-0.39, 0.29) is 0 Å². The second-order valence-electron chi connectivity index (χ2n) is 2.32. The molecule has 0 bridgehead atoms. The van der Waals surface area contributed by atoms with Crippen LogP contribution in [0.4, 0.5) is 39.5 Å². The standard InChI is InChI=1S/C5HF9O2/c6-2(4(10,11)12)16-5(13,14)1(15)3(7,8)9/h2H. The van der Waals surface area contributed by atoms with Crippen LogP contribution in [-0.4, -0.2) is 30.6 Å². The molecule has 0 aromatic rings. The summed E-state index contributed by atoms with van der Waals surface area (Å²) in [6.45, 7) is 0. The zero-order valence-electron chi connectivity index (χ0n) is 6.80. The fourth-order valence-corrected chi connectivity index (χ4v) is 0.415. The van der Waals surface area contributed by atoms with Crippen LogP contribution in [0.25, 0.3) is 0 Å². The SMILES string of the molecule is O=C(C(F)(F)F)C(F)(F)OC(F)C(F)(F)F. The number of ether oxygens (including phenoxy) is 1. The summed E-state index contributed by atoms with van der Waals surface area (Å²) in [5.41, 5.74) is 0. The maximum Gasteiger partial charge on any atom is 0.459 e. The minimum absolute atomic E-state index is 2.10. The van der Waals surface area contributed by atoms with E-state index in [1.807, 2.05) is 0 Å². The highest BCUT2D eigenvalue weighted by Crippen LogP contribution is 2.34. The predicted octanol–water partition coefficient (Wildman–Crippen LogP) is 2.59. The first-order chi connectivity index (χ1) is 6.78. The highest BCUT2D eigenvalue weighted by Gasteiger charge is 2.60. The average molecular weight is 264 g/mol. The molecule has 0 aromatic carbocycles. The molecule has 0 aromatic heterocycles. The average Bonchev–Trinajstić information content (AvgIpc) is 1.98. The molecule has 0 fully saturated rings. The molecule has 2 nitrogen and oxygen atoms in total. The number of Topliss-reactive ketones (excluding diaryl/α,β-unsaturated/α-hetero) is 1. The van der Waals surface area contributed by atoms with Crippen molar-refractivity contribution in [1.82, 2.24) is 0 Å². The number of alkyl halides is 9. The number of hydrogen-bond acceptors (Lipinski definition) is 2. The third-order valence-corrected chi connectivity index (χ3v) is 1.03. The van der Waals surface area contributed by atoms with Gasteiger partial charge in [0.2, 0.25) is 0 Å². The van der Waals surface area contributed by atoms with Gasteiger partial charge in [-0.05, 0) is 0 Å². The highest BCUT2D eigenvalue weighted by atomic mass is 19.4. The monoisotopic (exact) mass is 264 g/mol. The van der Waals surface area contributed by atoms with Gasteiger partial charge in [0.15, 0.2) is 0 Å². The molecule has 0 aliphatic carbocycles. The van der Waals surface area contributed by atoms with Gasteiger partial charge in [0.25, 0.3) is 0 Å². The van der Waals surface area contributed by atoms with Gasteiger partial charge in [-0.15, -0.1) is 0 Å². The Labute approximate surface area is 81.0 Å². The molecule has 0 heterocycles. The molecule has 0 saturated heterocycles. The summed E-state index contributed by atoms with van der Waals surface area (Å²) < 4.78 is 106. The second kappa shape index (κ2) is 4.11. The lowest BCUT2D eigenvalue weighted by Crippen LogP contribution is -2.46. The van der Waals surface area contributed by atoms with E-state index in [2.05, 4.69) is 4.74 Å². The third-order valence-electron chi connectivity index (χ3n) is 1.03. The van der Waals surface area contributed by atoms with Crippen LogP contribution in [-0.2, 0) is 9.53 Å². The molecule has 0 aliphatic rings. The van der Waals surface area contributed by atoms with Gasteiger partial charge >= 0.3 is 30.6 Å². The zero-order chi connectivity index (χ0) is 13.4. The molecule has 0 amide bonds. The normalized spacial score (nSPS) is 16.1. The second-order valence-corrected chi connectivity index (χ2v) is 2.32. The Hall–Kier alpha value is -1.00. The molecule has 96 valence electrons. The smallest absolute Gasteiger partial charge is 0.280 e. The molecule has 1 atom stereocenters. The van der Waals surface area contributed by atoms with Crippen molar-refractivity contribution in [1.29, 1.82) is 0 Å². The number of carbonyl (C=O) groups is 1. The van der Waals surface area contributed by atoms with Crippen LogP contribution in [0.2, 0.25) is 0 Å². The van der Waals surface area contributed by atoms with E-state index in [0.29, 0.717) is 0 Å². The quantitative estimate of drug-likeness (QED) is 0.732. The Morgan fingerprint density at radius 1 is 0.938 bits per heavy atom. The summed E-state index contributed by atoms with van der Waals surface area (Å²) in [5, 5.41) is 0. The fraction of sp³-hybridized carbons (Fsp3) is 0.800. The van der Waals surface area contributed by atoms with Crippen molar-refractivity contribution in [2.24, 2.45) is 0 Å². The van der Waals surface area contributed by atoms with Crippen LogP contribution in [0.1, 0.15) is 0 Å². The van der Waals surface area contributed by atoms with E-state index in [4.69, 9.17) is 0 Å². The third kappa shape index (κ3) is 3.87. The van der Waals surface area contributed by atoms with Crippen LogP contribution >= 0.6 is 0 Å². The first-order valence-corrected chi connectivity index (χ1v) is 3.16.